The monoisotopic (exact) mass is 370 g/mol. The highest BCUT2D eigenvalue weighted by Gasteiger charge is 2.11. The zero-order valence-corrected chi connectivity index (χ0v) is 16.4. The number of para-hydroxylation sites is 2. The summed E-state index contributed by atoms with van der Waals surface area (Å²) in [4.78, 5) is 26.0. The molecule has 0 heterocycles. The molecule has 0 aliphatic rings. The lowest BCUT2D eigenvalue weighted by atomic mass is 10.1. The van der Waals surface area contributed by atoms with Gasteiger partial charge in [-0.25, -0.2) is 0 Å². The summed E-state index contributed by atoms with van der Waals surface area (Å²) in [6.07, 6.45) is 1.22. The van der Waals surface area contributed by atoms with Gasteiger partial charge in [0.1, 0.15) is 0 Å². The van der Waals surface area contributed by atoms with Gasteiger partial charge in [-0.05, 0) is 49.3 Å². The van der Waals surface area contributed by atoms with E-state index < -0.39 is 0 Å². The maximum absolute atomic E-state index is 12.2. The maximum Gasteiger partial charge on any atom is 0.236 e. The van der Waals surface area contributed by atoms with E-state index in [4.69, 9.17) is 0 Å². The van der Waals surface area contributed by atoms with Crippen LogP contribution in [0.15, 0.2) is 48.5 Å². The Balaban J connectivity index is 1.67. The van der Waals surface area contributed by atoms with Crippen LogP contribution in [-0.2, 0) is 9.59 Å². The van der Waals surface area contributed by atoms with Crippen molar-refractivity contribution in [3.8, 4) is 0 Å². The van der Waals surface area contributed by atoms with E-state index in [1.807, 2.05) is 62.4 Å². The second-order valence-corrected chi connectivity index (χ2v) is 7.36. The molecule has 0 aliphatic carbocycles. The minimum Gasteiger partial charge on any atom is -0.326 e. The highest BCUT2D eigenvalue weighted by atomic mass is 32.2. The van der Waals surface area contributed by atoms with Crippen molar-refractivity contribution in [2.75, 3.05) is 28.8 Å². The number of benzene rings is 2. The third kappa shape index (κ3) is 5.92. The molecule has 2 aromatic carbocycles. The Kier molecular flexibility index (Phi) is 7.73. The summed E-state index contributed by atoms with van der Waals surface area (Å²) in [5.74, 6) is 1.30. The average Bonchev–Trinajstić information content (AvgIpc) is 2.64. The zero-order valence-electron chi connectivity index (χ0n) is 15.6. The molecule has 0 spiro atoms. The second kappa shape index (κ2) is 10.0. The number of anilines is 2. The number of carbonyl (C=O) groups excluding carboxylic acids is 2. The molecule has 2 amide bonds. The van der Waals surface area contributed by atoms with Gasteiger partial charge in [0.2, 0.25) is 11.8 Å². The molecule has 1 N–H and O–H groups in total. The predicted molar refractivity (Wildman–Crippen MR) is 111 cm³/mol. The van der Waals surface area contributed by atoms with Crippen LogP contribution in [0, 0.1) is 13.8 Å². The predicted octanol–water partition coefficient (Wildman–Crippen LogP) is 4.42. The summed E-state index contributed by atoms with van der Waals surface area (Å²) in [6, 6.07) is 15.6. The van der Waals surface area contributed by atoms with Gasteiger partial charge < -0.3 is 10.2 Å². The topological polar surface area (TPSA) is 49.4 Å². The highest BCUT2D eigenvalue weighted by molar-refractivity contribution is 7.99. The number of amides is 2. The van der Waals surface area contributed by atoms with Gasteiger partial charge in [-0.2, -0.15) is 11.8 Å². The maximum atomic E-state index is 12.2. The van der Waals surface area contributed by atoms with Crippen molar-refractivity contribution >= 4 is 35.0 Å². The van der Waals surface area contributed by atoms with E-state index in [0.717, 1.165) is 34.7 Å². The van der Waals surface area contributed by atoms with Crippen LogP contribution in [0.25, 0.3) is 0 Å². The van der Waals surface area contributed by atoms with E-state index in [-0.39, 0.29) is 11.8 Å². The largest absolute Gasteiger partial charge is 0.326 e. The molecule has 0 saturated carbocycles. The Morgan fingerprint density at radius 2 is 1.65 bits per heavy atom. The van der Waals surface area contributed by atoms with E-state index in [1.54, 1.807) is 23.7 Å². The fraction of sp³-hybridized carbons (Fsp3) is 0.333. The van der Waals surface area contributed by atoms with Crippen molar-refractivity contribution in [3.63, 3.8) is 0 Å². The first-order valence-corrected chi connectivity index (χ1v) is 9.90. The van der Waals surface area contributed by atoms with Gasteiger partial charge in [0.05, 0.1) is 5.75 Å². The molecule has 0 radical (unpaired) electrons. The van der Waals surface area contributed by atoms with Gasteiger partial charge in [0.15, 0.2) is 0 Å². The van der Waals surface area contributed by atoms with Gasteiger partial charge >= 0.3 is 0 Å². The molecule has 0 bridgehead atoms. The minimum absolute atomic E-state index is 0.0238. The third-order valence-corrected chi connectivity index (χ3v) is 5.21. The first-order valence-electron chi connectivity index (χ1n) is 8.74. The Bertz CT molecular complexity index is 727. The van der Waals surface area contributed by atoms with Crippen LogP contribution in [0.2, 0.25) is 0 Å². The fourth-order valence-corrected chi connectivity index (χ4v) is 3.46. The third-order valence-electron chi connectivity index (χ3n) is 4.18. The number of hydrogen-bond donors (Lipinski definition) is 1. The molecular formula is C21H26N2O2S. The molecule has 4 nitrogen and oxygen atoms in total. The Morgan fingerprint density at radius 1 is 1.00 bits per heavy atom. The lowest BCUT2D eigenvalue weighted by Crippen LogP contribution is -2.27. The molecule has 0 atom stereocenters. The standard InChI is InChI=1S/C21H26N2O2S/c1-16-9-7-10-17(2)21(16)22-19(24)13-8-14-26-15-20(25)23(3)18-11-5-4-6-12-18/h4-7,9-12H,8,13-15H2,1-3H3,(H,22,24). The molecule has 138 valence electrons. The van der Waals surface area contributed by atoms with Gasteiger partial charge in [0, 0.05) is 24.8 Å². The number of rotatable bonds is 8. The van der Waals surface area contributed by atoms with Crippen LogP contribution < -0.4 is 10.2 Å². The van der Waals surface area contributed by atoms with Gasteiger partial charge in [-0.15, -0.1) is 0 Å². The van der Waals surface area contributed by atoms with Crippen LogP contribution in [-0.4, -0.2) is 30.4 Å². The fourth-order valence-electron chi connectivity index (χ4n) is 2.60. The van der Waals surface area contributed by atoms with Crippen LogP contribution in [0.4, 0.5) is 11.4 Å². The van der Waals surface area contributed by atoms with Crippen LogP contribution in [0.5, 0.6) is 0 Å². The number of hydrogen-bond acceptors (Lipinski definition) is 3. The van der Waals surface area contributed by atoms with Gasteiger partial charge in [0.25, 0.3) is 0 Å². The number of aryl methyl sites for hydroxylation is 2. The lowest BCUT2D eigenvalue weighted by molar-refractivity contribution is -0.116. The van der Waals surface area contributed by atoms with Crippen LogP contribution in [0.1, 0.15) is 24.0 Å². The zero-order chi connectivity index (χ0) is 18.9. The molecule has 0 aliphatic heterocycles. The summed E-state index contributed by atoms with van der Waals surface area (Å²) in [5, 5.41) is 2.99. The molecule has 2 aromatic rings. The SMILES string of the molecule is Cc1cccc(C)c1NC(=O)CCCSCC(=O)N(C)c1ccccc1. The number of nitrogens with zero attached hydrogens (tertiary/aromatic N) is 1. The van der Waals surface area contributed by atoms with Crippen molar-refractivity contribution in [2.24, 2.45) is 0 Å². The minimum atomic E-state index is 0.0238. The normalized spacial score (nSPS) is 10.4. The lowest BCUT2D eigenvalue weighted by Gasteiger charge is -2.16. The molecule has 2 rings (SSSR count). The average molecular weight is 371 g/mol. The number of carbonyl (C=O) groups is 2. The first kappa shape index (κ1) is 20.0. The second-order valence-electron chi connectivity index (χ2n) is 6.26. The Hall–Kier alpha value is -2.27. The van der Waals surface area contributed by atoms with Crippen LogP contribution >= 0.6 is 11.8 Å². The molecule has 5 heteroatoms. The molecular weight excluding hydrogens is 344 g/mol. The van der Waals surface area contributed by atoms with Gasteiger partial charge in [-0.1, -0.05) is 36.4 Å². The number of nitrogens with one attached hydrogen (secondary N) is 1. The Labute approximate surface area is 160 Å². The van der Waals surface area contributed by atoms with Crippen molar-refractivity contribution in [2.45, 2.75) is 26.7 Å². The Morgan fingerprint density at radius 3 is 2.31 bits per heavy atom. The van der Waals surface area contributed by atoms with Crippen molar-refractivity contribution < 1.29 is 9.59 Å². The van der Waals surface area contributed by atoms with Gasteiger partial charge in [-0.3, -0.25) is 9.59 Å². The first-order chi connectivity index (χ1) is 12.5. The van der Waals surface area contributed by atoms with Crippen molar-refractivity contribution in [1.82, 2.24) is 0 Å². The molecule has 26 heavy (non-hydrogen) atoms. The summed E-state index contributed by atoms with van der Waals surface area (Å²) in [7, 11) is 1.79. The smallest absolute Gasteiger partial charge is 0.236 e. The van der Waals surface area contributed by atoms with E-state index in [1.165, 1.54) is 0 Å². The highest BCUT2D eigenvalue weighted by Crippen LogP contribution is 2.20. The van der Waals surface area contributed by atoms with Crippen molar-refractivity contribution in [3.05, 3.63) is 59.7 Å². The van der Waals surface area contributed by atoms with E-state index in [0.29, 0.717) is 12.2 Å². The van der Waals surface area contributed by atoms with Crippen LogP contribution in [0.3, 0.4) is 0 Å². The van der Waals surface area contributed by atoms with E-state index >= 15 is 0 Å². The molecule has 0 unspecified atom stereocenters. The summed E-state index contributed by atoms with van der Waals surface area (Å²) in [5.41, 5.74) is 3.94. The quantitative estimate of drug-likeness (QED) is 0.700. The summed E-state index contributed by atoms with van der Waals surface area (Å²) >= 11 is 1.57. The van der Waals surface area contributed by atoms with Crippen molar-refractivity contribution in [1.29, 1.82) is 0 Å². The molecule has 0 saturated heterocycles. The number of thioether (sulfide) groups is 1. The van der Waals surface area contributed by atoms with E-state index in [9.17, 15) is 9.59 Å². The molecule has 0 aromatic heterocycles. The summed E-state index contributed by atoms with van der Waals surface area (Å²) in [6.45, 7) is 3.99. The van der Waals surface area contributed by atoms with E-state index in [2.05, 4.69) is 5.32 Å². The summed E-state index contributed by atoms with van der Waals surface area (Å²) < 4.78 is 0. The molecule has 0 fully saturated rings.